The third-order valence-electron chi connectivity index (χ3n) is 3.09. The fraction of sp³-hybridized carbons (Fsp3) is 0.0588. The number of nitrogens with two attached hydrogens (primary N) is 1. The van der Waals surface area contributed by atoms with Crippen LogP contribution in [0.2, 0.25) is 5.02 Å². The van der Waals surface area contributed by atoms with E-state index in [1.165, 1.54) is 6.20 Å². The van der Waals surface area contributed by atoms with Crippen LogP contribution in [0, 0.1) is 18.3 Å². The largest absolute Gasteiger partial charge is 0.399 e. The molecule has 23 heavy (non-hydrogen) atoms. The standard InChI is InChI=1S/C17H15ClN4O/c1-11-8-13(18)2-7-16(11)21-10-12(9-19)17(23)22-15-5-3-14(20)4-6-15/h2-8,10,21H,20H2,1H3,(H,22,23)/b12-10-. The van der Waals surface area contributed by atoms with Crippen molar-refractivity contribution < 1.29 is 4.79 Å². The first-order valence-corrected chi connectivity index (χ1v) is 7.17. The maximum Gasteiger partial charge on any atom is 0.267 e. The minimum absolute atomic E-state index is 0.0452. The molecule has 1 amide bonds. The van der Waals surface area contributed by atoms with Gasteiger partial charge in [0.2, 0.25) is 0 Å². The van der Waals surface area contributed by atoms with Gasteiger partial charge in [-0.15, -0.1) is 0 Å². The first kappa shape index (κ1) is 16.4. The highest BCUT2D eigenvalue weighted by Crippen LogP contribution is 2.20. The Morgan fingerprint density at radius 2 is 1.96 bits per heavy atom. The Balaban J connectivity index is 2.10. The Morgan fingerprint density at radius 3 is 2.57 bits per heavy atom. The zero-order valence-corrected chi connectivity index (χ0v) is 13.2. The van der Waals surface area contributed by atoms with E-state index in [1.54, 1.807) is 42.5 Å². The molecule has 2 rings (SSSR count). The van der Waals surface area contributed by atoms with Crippen molar-refractivity contribution in [3.8, 4) is 6.07 Å². The summed E-state index contributed by atoms with van der Waals surface area (Å²) in [6.45, 7) is 1.88. The van der Waals surface area contributed by atoms with E-state index in [4.69, 9.17) is 22.6 Å². The number of nitrogens with one attached hydrogen (secondary N) is 2. The fourth-order valence-electron chi connectivity index (χ4n) is 1.85. The second-order valence-corrected chi connectivity index (χ2v) is 5.29. The average molecular weight is 327 g/mol. The molecule has 0 aliphatic heterocycles. The number of rotatable bonds is 4. The third kappa shape index (κ3) is 4.50. The molecule has 0 atom stereocenters. The van der Waals surface area contributed by atoms with Crippen molar-refractivity contribution in [2.45, 2.75) is 6.92 Å². The first-order valence-electron chi connectivity index (χ1n) is 6.79. The number of hydrogen-bond donors (Lipinski definition) is 3. The summed E-state index contributed by atoms with van der Waals surface area (Å²) in [6, 6.07) is 13.8. The second-order valence-electron chi connectivity index (χ2n) is 4.85. The molecule has 116 valence electrons. The van der Waals surface area contributed by atoms with Crippen LogP contribution in [-0.4, -0.2) is 5.91 Å². The lowest BCUT2D eigenvalue weighted by atomic mass is 10.2. The lowest BCUT2D eigenvalue weighted by Crippen LogP contribution is -2.14. The Labute approximate surface area is 139 Å². The van der Waals surface area contributed by atoms with Gasteiger partial charge in [0.05, 0.1) is 0 Å². The quantitative estimate of drug-likeness (QED) is 0.454. The number of nitrogen functional groups attached to an aromatic ring is 1. The van der Waals surface area contributed by atoms with Crippen LogP contribution >= 0.6 is 11.6 Å². The number of benzene rings is 2. The van der Waals surface area contributed by atoms with Gasteiger partial charge in [-0.1, -0.05) is 11.6 Å². The van der Waals surface area contributed by atoms with Crippen LogP contribution in [0.4, 0.5) is 17.1 Å². The molecule has 0 saturated carbocycles. The lowest BCUT2D eigenvalue weighted by molar-refractivity contribution is -0.112. The molecular weight excluding hydrogens is 312 g/mol. The summed E-state index contributed by atoms with van der Waals surface area (Å²) in [7, 11) is 0. The van der Waals surface area contributed by atoms with Crippen molar-refractivity contribution >= 4 is 34.6 Å². The smallest absolute Gasteiger partial charge is 0.267 e. The molecule has 0 aliphatic carbocycles. The maximum absolute atomic E-state index is 12.1. The molecule has 0 aliphatic rings. The number of hydrogen-bond acceptors (Lipinski definition) is 4. The number of halogens is 1. The number of anilines is 3. The van der Waals surface area contributed by atoms with E-state index in [9.17, 15) is 4.79 Å². The monoisotopic (exact) mass is 326 g/mol. The second kappa shape index (κ2) is 7.34. The highest BCUT2D eigenvalue weighted by molar-refractivity contribution is 6.30. The molecule has 2 aromatic rings. The molecule has 0 saturated heterocycles. The van der Waals surface area contributed by atoms with E-state index >= 15 is 0 Å². The van der Waals surface area contributed by atoms with Crippen LogP contribution in [0.1, 0.15) is 5.56 Å². The predicted molar refractivity (Wildman–Crippen MR) is 93.0 cm³/mol. The van der Waals surface area contributed by atoms with Gasteiger partial charge in [0.1, 0.15) is 11.6 Å². The molecule has 2 aromatic carbocycles. The van der Waals surface area contributed by atoms with E-state index in [1.807, 2.05) is 13.0 Å². The molecule has 0 spiro atoms. The maximum atomic E-state index is 12.1. The molecule has 4 N–H and O–H groups in total. The van der Waals surface area contributed by atoms with Crippen LogP contribution in [0.15, 0.2) is 54.2 Å². The molecule has 0 unspecified atom stereocenters. The van der Waals surface area contributed by atoms with Gasteiger partial charge in [0, 0.05) is 28.3 Å². The Bertz CT molecular complexity index is 791. The summed E-state index contributed by atoms with van der Waals surface area (Å²) < 4.78 is 0. The van der Waals surface area contributed by atoms with Gasteiger partial charge in [-0.2, -0.15) is 5.26 Å². The summed E-state index contributed by atoms with van der Waals surface area (Å²) in [4.78, 5) is 12.1. The number of carbonyl (C=O) groups is 1. The van der Waals surface area contributed by atoms with Crippen LogP contribution in [0.25, 0.3) is 0 Å². The molecular formula is C17H15ClN4O. The van der Waals surface area contributed by atoms with Crippen LogP contribution in [0.3, 0.4) is 0 Å². The molecule has 0 aromatic heterocycles. The lowest BCUT2D eigenvalue weighted by Gasteiger charge is -2.07. The third-order valence-corrected chi connectivity index (χ3v) is 3.33. The summed E-state index contributed by atoms with van der Waals surface area (Å²) in [5.74, 6) is -0.503. The van der Waals surface area contributed by atoms with Crippen LogP contribution in [0.5, 0.6) is 0 Å². The van der Waals surface area contributed by atoms with E-state index in [-0.39, 0.29) is 5.57 Å². The zero-order chi connectivity index (χ0) is 16.8. The minimum Gasteiger partial charge on any atom is -0.399 e. The van der Waals surface area contributed by atoms with Crippen LogP contribution < -0.4 is 16.4 Å². The summed E-state index contributed by atoms with van der Waals surface area (Å²) in [6.07, 6.45) is 1.36. The van der Waals surface area contributed by atoms with Gasteiger partial charge in [-0.05, 0) is 55.0 Å². The van der Waals surface area contributed by atoms with E-state index in [0.717, 1.165) is 11.3 Å². The number of nitriles is 1. The molecule has 6 heteroatoms. The first-order chi connectivity index (χ1) is 11.0. The average Bonchev–Trinajstić information content (AvgIpc) is 2.52. The molecule has 0 fully saturated rings. The Morgan fingerprint density at radius 1 is 1.26 bits per heavy atom. The van der Waals surface area contributed by atoms with Gasteiger partial charge in [-0.3, -0.25) is 4.79 Å². The van der Waals surface area contributed by atoms with Gasteiger partial charge >= 0.3 is 0 Å². The summed E-state index contributed by atoms with van der Waals surface area (Å²) in [5.41, 5.74) is 8.37. The number of carbonyl (C=O) groups excluding carboxylic acids is 1. The van der Waals surface area contributed by atoms with Crippen molar-refractivity contribution in [1.82, 2.24) is 0 Å². The topological polar surface area (TPSA) is 90.9 Å². The molecule has 0 heterocycles. The highest BCUT2D eigenvalue weighted by Gasteiger charge is 2.09. The van der Waals surface area contributed by atoms with Gasteiger partial charge < -0.3 is 16.4 Å². The number of amides is 1. The zero-order valence-electron chi connectivity index (χ0n) is 12.4. The Hall–Kier alpha value is -2.97. The SMILES string of the molecule is Cc1cc(Cl)ccc1N/C=C(/C#N)C(=O)Nc1ccc(N)cc1. The fourth-order valence-corrected chi connectivity index (χ4v) is 2.08. The normalized spacial score (nSPS) is 10.7. The molecule has 5 nitrogen and oxygen atoms in total. The van der Waals surface area contributed by atoms with Gasteiger partial charge in [-0.25, -0.2) is 0 Å². The van der Waals surface area contributed by atoms with Crippen molar-refractivity contribution in [2.75, 3.05) is 16.4 Å². The van der Waals surface area contributed by atoms with Crippen molar-refractivity contribution in [3.05, 3.63) is 64.8 Å². The Kier molecular flexibility index (Phi) is 5.23. The van der Waals surface area contributed by atoms with E-state index in [0.29, 0.717) is 16.4 Å². The van der Waals surface area contributed by atoms with Crippen molar-refractivity contribution in [2.24, 2.45) is 0 Å². The number of nitrogens with zero attached hydrogens (tertiary/aromatic N) is 1. The number of aryl methyl sites for hydroxylation is 1. The van der Waals surface area contributed by atoms with Gasteiger partial charge in [0.15, 0.2) is 0 Å². The minimum atomic E-state index is -0.503. The predicted octanol–water partition coefficient (Wildman–Crippen LogP) is 3.69. The summed E-state index contributed by atoms with van der Waals surface area (Å²) in [5, 5.41) is 15.4. The van der Waals surface area contributed by atoms with Crippen molar-refractivity contribution in [3.63, 3.8) is 0 Å². The molecule has 0 bridgehead atoms. The van der Waals surface area contributed by atoms with Crippen molar-refractivity contribution in [1.29, 1.82) is 5.26 Å². The molecule has 0 radical (unpaired) electrons. The van der Waals surface area contributed by atoms with E-state index in [2.05, 4.69) is 10.6 Å². The highest BCUT2D eigenvalue weighted by atomic mass is 35.5. The van der Waals surface area contributed by atoms with E-state index < -0.39 is 5.91 Å². The summed E-state index contributed by atoms with van der Waals surface area (Å²) >= 11 is 5.89. The van der Waals surface area contributed by atoms with Crippen LogP contribution in [-0.2, 0) is 4.79 Å². The van der Waals surface area contributed by atoms with Gasteiger partial charge in [0.25, 0.3) is 5.91 Å².